The van der Waals surface area contributed by atoms with Gasteiger partial charge in [0.15, 0.2) is 0 Å². The van der Waals surface area contributed by atoms with Crippen LogP contribution in [0.15, 0.2) is 35.7 Å². The molecule has 1 N–H and O–H groups in total. The van der Waals surface area contributed by atoms with Crippen LogP contribution in [0.3, 0.4) is 0 Å². The maximum atomic E-state index is 13.2. The summed E-state index contributed by atoms with van der Waals surface area (Å²) in [6, 6.07) is 4.50. The molecule has 0 aliphatic carbocycles. The molecular formula is C28H45FN2O2. The summed E-state index contributed by atoms with van der Waals surface area (Å²) in [6.45, 7) is 18.2. The Morgan fingerprint density at radius 1 is 1.18 bits per heavy atom. The number of allylic oxidation sites excluding steroid dienone is 3. The molecule has 0 radical (unpaired) electrons. The van der Waals surface area contributed by atoms with E-state index in [1.54, 1.807) is 0 Å². The van der Waals surface area contributed by atoms with E-state index in [2.05, 4.69) is 64.0 Å². The maximum Gasteiger partial charge on any atom is 0.227 e. The lowest BCUT2D eigenvalue weighted by molar-refractivity contribution is -0.123. The summed E-state index contributed by atoms with van der Waals surface area (Å²) in [4.78, 5) is 15.0. The zero-order valence-electron chi connectivity index (χ0n) is 22.2. The zero-order valence-corrected chi connectivity index (χ0v) is 22.2. The molecule has 0 aromatic heterocycles. The van der Waals surface area contributed by atoms with Crippen molar-refractivity contribution >= 4 is 5.91 Å². The fourth-order valence-corrected chi connectivity index (χ4v) is 3.94. The number of hydrogen-bond acceptors (Lipinski definition) is 3. The Balaban J connectivity index is 2.73. The molecule has 1 rings (SSSR count). The molecule has 0 aliphatic heterocycles. The van der Waals surface area contributed by atoms with E-state index in [1.807, 2.05) is 19.9 Å². The standard InChI is InChI=1S/C28H45FN2O2/c1-10-15-33-27-14-13-26(22(6)23(27)7)24(8)31(9)18-20(4)17-30-28(32)25(16-19(2)3)12-11-21(5)29/h11,13-14,16,20,24-25H,10,12,15,17-18H2,1-9H3,(H,30,32)/b21-11+. The van der Waals surface area contributed by atoms with Crippen LogP contribution in [-0.4, -0.2) is 37.6 Å². The topological polar surface area (TPSA) is 41.6 Å². The van der Waals surface area contributed by atoms with E-state index in [0.29, 0.717) is 13.0 Å². The number of rotatable bonds is 13. The van der Waals surface area contributed by atoms with Crippen LogP contribution in [0.1, 0.15) is 77.1 Å². The molecule has 4 nitrogen and oxygen atoms in total. The quantitative estimate of drug-likeness (QED) is 0.334. The summed E-state index contributed by atoms with van der Waals surface area (Å²) in [7, 11) is 2.13. The van der Waals surface area contributed by atoms with Crippen LogP contribution in [-0.2, 0) is 4.79 Å². The first kappa shape index (κ1) is 28.9. The van der Waals surface area contributed by atoms with Gasteiger partial charge in [-0.3, -0.25) is 9.69 Å². The molecule has 1 aromatic rings. The second-order valence-electron chi connectivity index (χ2n) is 9.59. The third-order valence-corrected chi connectivity index (χ3v) is 6.10. The number of carbonyl (C=O) groups is 1. The molecule has 3 unspecified atom stereocenters. The number of amides is 1. The first-order chi connectivity index (χ1) is 15.5. The van der Waals surface area contributed by atoms with Gasteiger partial charge in [0.05, 0.1) is 18.4 Å². The molecule has 0 aliphatic rings. The summed E-state index contributed by atoms with van der Waals surface area (Å²) in [5.41, 5.74) is 4.82. The van der Waals surface area contributed by atoms with Crippen LogP contribution in [0.4, 0.5) is 4.39 Å². The summed E-state index contributed by atoms with van der Waals surface area (Å²) in [6.07, 6.45) is 4.76. The van der Waals surface area contributed by atoms with Crippen molar-refractivity contribution in [3.05, 3.63) is 52.4 Å². The number of ether oxygens (including phenoxy) is 1. The average Bonchev–Trinajstić information content (AvgIpc) is 2.75. The van der Waals surface area contributed by atoms with Crippen molar-refractivity contribution in [3.63, 3.8) is 0 Å². The highest BCUT2D eigenvalue weighted by atomic mass is 19.1. The van der Waals surface area contributed by atoms with Gasteiger partial charge in [0.25, 0.3) is 0 Å². The van der Waals surface area contributed by atoms with Gasteiger partial charge in [0.2, 0.25) is 5.91 Å². The predicted molar refractivity (Wildman–Crippen MR) is 137 cm³/mol. The van der Waals surface area contributed by atoms with Crippen molar-refractivity contribution in [1.29, 1.82) is 0 Å². The van der Waals surface area contributed by atoms with Gasteiger partial charge in [0.1, 0.15) is 5.75 Å². The summed E-state index contributed by atoms with van der Waals surface area (Å²) < 4.78 is 19.0. The Bertz CT molecular complexity index is 823. The minimum atomic E-state index is -0.344. The van der Waals surface area contributed by atoms with Gasteiger partial charge in [-0.15, -0.1) is 0 Å². The molecule has 0 saturated heterocycles. The molecule has 1 aromatic carbocycles. The molecule has 0 bridgehead atoms. The minimum Gasteiger partial charge on any atom is -0.493 e. The predicted octanol–water partition coefficient (Wildman–Crippen LogP) is 6.68. The van der Waals surface area contributed by atoms with E-state index in [9.17, 15) is 9.18 Å². The SMILES string of the molecule is CCCOc1ccc(C(C)N(C)CC(C)CNC(=O)C(C=C(C)C)C/C=C(\C)F)c(C)c1C. The van der Waals surface area contributed by atoms with Crippen LogP contribution in [0.5, 0.6) is 5.75 Å². The number of carbonyl (C=O) groups excluding carboxylic acids is 1. The third kappa shape index (κ3) is 9.71. The largest absolute Gasteiger partial charge is 0.493 e. The van der Waals surface area contributed by atoms with Crippen molar-refractivity contribution in [3.8, 4) is 5.75 Å². The smallest absolute Gasteiger partial charge is 0.227 e. The highest BCUT2D eigenvalue weighted by molar-refractivity contribution is 5.80. The van der Waals surface area contributed by atoms with Gasteiger partial charge in [-0.2, -0.15) is 0 Å². The Morgan fingerprint density at radius 3 is 2.42 bits per heavy atom. The highest BCUT2D eigenvalue weighted by Crippen LogP contribution is 2.30. The monoisotopic (exact) mass is 460 g/mol. The Labute approximate surface area is 201 Å². The van der Waals surface area contributed by atoms with Crippen molar-refractivity contribution in [2.75, 3.05) is 26.7 Å². The van der Waals surface area contributed by atoms with Crippen molar-refractivity contribution in [2.45, 2.75) is 74.3 Å². The zero-order chi connectivity index (χ0) is 25.1. The fourth-order valence-electron chi connectivity index (χ4n) is 3.94. The lowest BCUT2D eigenvalue weighted by Crippen LogP contribution is -2.37. The molecule has 186 valence electrons. The lowest BCUT2D eigenvalue weighted by atomic mass is 9.96. The van der Waals surface area contributed by atoms with Crippen LogP contribution >= 0.6 is 0 Å². The number of hydrogen-bond donors (Lipinski definition) is 1. The first-order valence-corrected chi connectivity index (χ1v) is 12.2. The number of nitrogens with one attached hydrogen (secondary N) is 1. The molecule has 1 amide bonds. The first-order valence-electron chi connectivity index (χ1n) is 12.2. The number of benzene rings is 1. The van der Waals surface area contributed by atoms with E-state index < -0.39 is 0 Å². The van der Waals surface area contributed by atoms with Crippen LogP contribution in [0.2, 0.25) is 0 Å². The molecule has 0 heterocycles. The normalized spacial score (nSPS) is 14.6. The third-order valence-electron chi connectivity index (χ3n) is 6.10. The van der Waals surface area contributed by atoms with Crippen molar-refractivity contribution in [2.24, 2.45) is 11.8 Å². The molecule has 0 saturated carbocycles. The molecule has 0 spiro atoms. The Morgan fingerprint density at radius 2 is 1.85 bits per heavy atom. The molecule has 5 heteroatoms. The highest BCUT2D eigenvalue weighted by Gasteiger charge is 2.20. The second-order valence-corrected chi connectivity index (χ2v) is 9.59. The molecule has 33 heavy (non-hydrogen) atoms. The van der Waals surface area contributed by atoms with E-state index in [-0.39, 0.29) is 29.6 Å². The van der Waals surface area contributed by atoms with E-state index in [0.717, 1.165) is 30.9 Å². The van der Waals surface area contributed by atoms with Gasteiger partial charge in [-0.25, -0.2) is 4.39 Å². The van der Waals surface area contributed by atoms with Gasteiger partial charge < -0.3 is 10.1 Å². The fraction of sp³-hybridized carbons (Fsp3) is 0.607. The molecule has 3 atom stereocenters. The number of nitrogens with zero attached hydrogens (tertiary/aromatic N) is 1. The van der Waals surface area contributed by atoms with E-state index >= 15 is 0 Å². The Hall–Kier alpha value is -2.14. The van der Waals surface area contributed by atoms with Gasteiger partial charge in [0, 0.05) is 19.1 Å². The lowest BCUT2D eigenvalue weighted by Gasteiger charge is -2.30. The second kappa shape index (κ2) is 14.2. The maximum absolute atomic E-state index is 13.2. The van der Waals surface area contributed by atoms with Crippen molar-refractivity contribution in [1.82, 2.24) is 10.2 Å². The van der Waals surface area contributed by atoms with Crippen LogP contribution < -0.4 is 10.1 Å². The van der Waals surface area contributed by atoms with Crippen LogP contribution in [0.25, 0.3) is 0 Å². The van der Waals surface area contributed by atoms with E-state index in [1.165, 1.54) is 29.7 Å². The minimum absolute atomic E-state index is 0.0506. The summed E-state index contributed by atoms with van der Waals surface area (Å²) in [5, 5.41) is 3.06. The van der Waals surface area contributed by atoms with Crippen LogP contribution in [0, 0.1) is 25.7 Å². The van der Waals surface area contributed by atoms with Gasteiger partial charge >= 0.3 is 0 Å². The van der Waals surface area contributed by atoms with Gasteiger partial charge in [-0.1, -0.05) is 37.6 Å². The molecule has 0 fully saturated rings. The molecular weight excluding hydrogens is 415 g/mol. The van der Waals surface area contributed by atoms with E-state index in [4.69, 9.17) is 4.74 Å². The summed E-state index contributed by atoms with van der Waals surface area (Å²) >= 11 is 0. The average molecular weight is 461 g/mol. The summed E-state index contributed by atoms with van der Waals surface area (Å²) in [5.74, 6) is 0.594. The van der Waals surface area contributed by atoms with Crippen molar-refractivity contribution < 1.29 is 13.9 Å². The Kier molecular flexibility index (Phi) is 12.4. The number of halogens is 1. The van der Waals surface area contributed by atoms with Gasteiger partial charge in [-0.05, 0) is 90.1 Å².